The van der Waals surface area contributed by atoms with Crippen molar-refractivity contribution in [3.05, 3.63) is 29.3 Å². The number of aryl methyl sites for hydroxylation is 1. The molecule has 0 heterocycles. The SMILES string of the molecule is NC1CC12CCc1ccc(O)cc12. The number of aromatic hydroxyl groups is 1. The van der Waals surface area contributed by atoms with Gasteiger partial charge in [0.15, 0.2) is 0 Å². The van der Waals surface area contributed by atoms with Gasteiger partial charge in [0.25, 0.3) is 0 Å². The highest BCUT2D eigenvalue weighted by Gasteiger charge is 2.56. The van der Waals surface area contributed by atoms with E-state index in [4.69, 9.17) is 5.73 Å². The van der Waals surface area contributed by atoms with E-state index in [0.29, 0.717) is 11.8 Å². The van der Waals surface area contributed by atoms with Gasteiger partial charge >= 0.3 is 0 Å². The predicted molar refractivity (Wildman–Crippen MR) is 50.7 cm³/mol. The van der Waals surface area contributed by atoms with Crippen molar-refractivity contribution in [2.45, 2.75) is 30.7 Å². The predicted octanol–water partition coefficient (Wildman–Crippen LogP) is 1.31. The Labute approximate surface area is 77.4 Å². The summed E-state index contributed by atoms with van der Waals surface area (Å²) in [5.41, 5.74) is 8.88. The Balaban J connectivity index is 2.15. The third-order valence-electron chi connectivity index (χ3n) is 3.60. The molecule has 1 saturated carbocycles. The van der Waals surface area contributed by atoms with E-state index in [0.717, 1.165) is 12.8 Å². The van der Waals surface area contributed by atoms with Crippen molar-refractivity contribution in [2.24, 2.45) is 5.73 Å². The lowest BCUT2D eigenvalue weighted by Crippen LogP contribution is -2.14. The minimum absolute atomic E-state index is 0.244. The van der Waals surface area contributed by atoms with Crippen molar-refractivity contribution in [1.29, 1.82) is 0 Å². The molecule has 1 spiro atoms. The maximum Gasteiger partial charge on any atom is 0.115 e. The van der Waals surface area contributed by atoms with Gasteiger partial charge in [-0.15, -0.1) is 0 Å². The fourth-order valence-electron chi connectivity index (χ4n) is 2.67. The largest absolute Gasteiger partial charge is 0.508 e. The van der Waals surface area contributed by atoms with Crippen LogP contribution in [0.25, 0.3) is 0 Å². The zero-order chi connectivity index (χ0) is 9.05. The van der Waals surface area contributed by atoms with Crippen LogP contribution in [0.2, 0.25) is 0 Å². The second-order valence-corrected chi connectivity index (χ2v) is 4.31. The molecule has 1 aromatic carbocycles. The molecule has 3 N–H and O–H groups in total. The van der Waals surface area contributed by atoms with Gasteiger partial charge in [0.05, 0.1) is 0 Å². The van der Waals surface area contributed by atoms with Crippen LogP contribution in [0.15, 0.2) is 18.2 Å². The summed E-state index contributed by atoms with van der Waals surface area (Å²) >= 11 is 0. The zero-order valence-corrected chi connectivity index (χ0v) is 7.46. The molecule has 2 atom stereocenters. The number of benzene rings is 1. The molecule has 2 aliphatic carbocycles. The van der Waals surface area contributed by atoms with Crippen LogP contribution in [0.4, 0.5) is 0 Å². The Hall–Kier alpha value is -1.02. The van der Waals surface area contributed by atoms with Gasteiger partial charge in [-0.1, -0.05) is 6.07 Å². The van der Waals surface area contributed by atoms with Gasteiger partial charge in [0.2, 0.25) is 0 Å². The molecule has 0 bridgehead atoms. The number of nitrogens with two attached hydrogens (primary N) is 1. The summed E-state index contributed by atoms with van der Waals surface area (Å²) in [7, 11) is 0. The molecular weight excluding hydrogens is 162 g/mol. The number of phenols is 1. The first-order valence-electron chi connectivity index (χ1n) is 4.80. The smallest absolute Gasteiger partial charge is 0.115 e. The van der Waals surface area contributed by atoms with Crippen LogP contribution in [-0.2, 0) is 11.8 Å². The number of fused-ring (bicyclic) bond motifs is 2. The third kappa shape index (κ3) is 0.814. The Morgan fingerprint density at radius 2 is 2.23 bits per heavy atom. The first-order valence-corrected chi connectivity index (χ1v) is 4.80. The van der Waals surface area contributed by atoms with Gasteiger partial charge in [-0.25, -0.2) is 0 Å². The number of hydrogen-bond donors (Lipinski definition) is 2. The van der Waals surface area contributed by atoms with Crippen molar-refractivity contribution < 1.29 is 5.11 Å². The molecule has 13 heavy (non-hydrogen) atoms. The highest BCUT2D eigenvalue weighted by Crippen LogP contribution is 2.56. The average Bonchev–Trinajstić information content (AvgIpc) is 2.61. The standard InChI is InChI=1S/C11H13NO/c12-10-6-11(10)4-3-7-1-2-8(13)5-9(7)11/h1-2,5,10,13H,3-4,6,12H2. The lowest BCUT2D eigenvalue weighted by Gasteiger charge is -2.09. The lowest BCUT2D eigenvalue weighted by atomic mass is 9.97. The van der Waals surface area contributed by atoms with Gasteiger partial charge in [0.1, 0.15) is 5.75 Å². The molecule has 0 amide bonds. The molecule has 3 rings (SSSR count). The first kappa shape index (κ1) is 7.39. The fraction of sp³-hybridized carbons (Fsp3) is 0.455. The molecule has 0 aliphatic heterocycles. The van der Waals surface area contributed by atoms with Crippen molar-refractivity contribution in [1.82, 2.24) is 0 Å². The quantitative estimate of drug-likeness (QED) is 0.624. The first-order chi connectivity index (χ1) is 6.22. The number of rotatable bonds is 0. The van der Waals surface area contributed by atoms with Gasteiger partial charge < -0.3 is 10.8 Å². The molecule has 2 aliphatic rings. The second-order valence-electron chi connectivity index (χ2n) is 4.31. The van der Waals surface area contributed by atoms with Crippen molar-refractivity contribution >= 4 is 0 Å². The minimum Gasteiger partial charge on any atom is -0.508 e. The lowest BCUT2D eigenvalue weighted by molar-refractivity contribution is 0.473. The van der Waals surface area contributed by atoms with E-state index < -0.39 is 0 Å². The van der Waals surface area contributed by atoms with Crippen molar-refractivity contribution in [3.8, 4) is 5.75 Å². The van der Waals surface area contributed by atoms with Crippen LogP contribution in [0.5, 0.6) is 5.75 Å². The van der Waals surface area contributed by atoms with Crippen LogP contribution < -0.4 is 5.73 Å². The summed E-state index contributed by atoms with van der Waals surface area (Å²) in [6, 6.07) is 6.03. The third-order valence-corrected chi connectivity index (χ3v) is 3.60. The van der Waals surface area contributed by atoms with E-state index in [-0.39, 0.29) is 5.41 Å². The minimum atomic E-state index is 0.244. The number of hydrogen-bond acceptors (Lipinski definition) is 2. The Morgan fingerprint density at radius 1 is 1.46 bits per heavy atom. The Bertz CT molecular complexity index is 374. The van der Waals surface area contributed by atoms with E-state index in [1.807, 2.05) is 12.1 Å². The fourth-order valence-corrected chi connectivity index (χ4v) is 2.67. The van der Waals surface area contributed by atoms with Crippen molar-refractivity contribution in [3.63, 3.8) is 0 Å². The van der Waals surface area contributed by atoms with Crippen LogP contribution in [0.1, 0.15) is 24.0 Å². The highest BCUT2D eigenvalue weighted by atomic mass is 16.3. The zero-order valence-electron chi connectivity index (χ0n) is 7.46. The van der Waals surface area contributed by atoms with Gasteiger partial charge in [-0.2, -0.15) is 0 Å². The topological polar surface area (TPSA) is 46.2 Å². The summed E-state index contributed by atoms with van der Waals surface area (Å²) in [5.74, 6) is 0.374. The average molecular weight is 175 g/mol. The van der Waals surface area contributed by atoms with E-state index in [2.05, 4.69) is 0 Å². The van der Waals surface area contributed by atoms with E-state index in [9.17, 15) is 5.11 Å². The second kappa shape index (κ2) is 2.07. The van der Waals surface area contributed by atoms with E-state index >= 15 is 0 Å². The molecule has 2 unspecified atom stereocenters. The van der Waals surface area contributed by atoms with Gasteiger partial charge in [-0.05, 0) is 42.5 Å². The molecule has 2 heteroatoms. The molecule has 2 nitrogen and oxygen atoms in total. The normalized spacial score (nSPS) is 35.0. The van der Waals surface area contributed by atoms with Crippen LogP contribution >= 0.6 is 0 Å². The molecule has 0 saturated heterocycles. The number of phenolic OH excluding ortho intramolecular Hbond substituents is 1. The molecular formula is C11H13NO. The Kier molecular flexibility index (Phi) is 1.18. The molecule has 1 aromatic rings. The highest BCUT2D eigenvalue weighted by molar-refractivity contribution is 5.49. The molecule has 0 radical (unpaired) electrons. The van der Waals surface area contributed by atoms with Crippen LogP contribution in [-0.4, -0.2) is 11.1 Å². The molecule has 68 valence electrons. The van der Waals surface area contributed by atoms with Gasteiger partial charge in [0, 0.05) is 11.5 Å². The van der Waals surface area contributed by atoms with Crippen LogP contribution in [0.3, 0.4) is 0 Å². The van der Waals surface area contributed by atoms with E-state index in [1.165, 1.54) is 17.5 Å². The summed E-state index contributed by atoms with van der Waals surface area (Å²) < 4.78 is 0. The summed E-state index contributed by atoms with van der Waals surface area (Å²) in [6.45, 7) is 0. The maximum absolute atomic E-state index is 9.40. The van der Waals surface area contributed by atoms with Crippen LogP contribution in [0, 0.1) is 0 Å². The van der Waals surface area contributed by atoms with Gasteiger partial charge in [-0.3, -0.25) is 0 Å². The summed E-state index contributed by atoms with van der Waals surface area (Å²) in [4.78, 5) is 0. The summed E-state index contributed by atoms with van der Waals surface area (Å²) in [5, 5.41) is 9.40. The Morgan fingerprint density at radius 3 is 2.92 bits per heavy atom. The van der Waals surface area contributed by atoms with E-state index in [1.54, 1.807) is 6.07 Å². The summed E-state index contributed by atoms with van der Waals surface area (Å²) in [6.07, 6.45) is 3.40. The molecule has 1 fully saturated rings. The maximum atomic E-state index is 9.40. The monoisotopic (exact) mass is 175 g/mol. The molecule has 0 aromatic heterocycles. The van der Waals surface area contributed by atoms with Crippen molar-refractivity contribution in [2.75, 3.05) is 0 Å².